The fourth-order valence-corrected chi connectivity index (χ4v) is 4.99. The third-order valence-corrected chi connectivity index (χ3v) is 6.50. The largest absolute Gasteiger partial charge is 0.207 e. The van der Waals surface area contributed by atoms with Crippen molar-refractivity contribution < 1.29 is 13.2 Å². The normalized spacial score (nSPS) is 21.9. The first kappa shape index (κ1) is 19.3. The van der Waals surface area contributed by atoms with E-state index in [1.54, 1.807) is 24.3 Å². The van der Waals surface area contributed by atoms with E-state index in [9.17, 15) is 13.2 Å². The van der Waals surface area contributed by atoms with E-state index in [0.717, 1.165) is 48.3 Å². The molecule has 0 radical (unpaired) electrons. The highest BCUT2D eigenvalue weighted by Crippen LogP contribution is 2.40. The number of allylic oxidation sites excluding steroid dienone is 1. The molecule has 0 spiro atoms. The Hall–Kier alpha value is -2.03. The van der Waals surface area contributed by atoms with Crippen molar-refractivity contribution in [1.29, 1.82) is 0 Å². The molecule has 1 saturated carbocycles. The lowest BCUT2D eigenvalue weighted by atomic mass is 9.77. The van der Waals surface area contributed by atoms with Gasteiger partial charge < -0.3 is 0 Å². The summed E-state index contributed by atoms with van der Waals surface area (Å²) in [5, 5.41) is 0. The summed E-state index contributed by atoms with van der Waals surface area (Å²) < 4.78 is 43.3. The lowest BCUT2D eigenvalue weighted by Crippen LogP contribution is -2.14. The van der Waals surface area contributed by atoms with Crippen LogP contribution in [0.15, 0.2) is 30.3 Å². The second-order valence-corrected chi connectivity index (χ2v) is 8.38. The molecule has 0 bridgehead atoms. The summed E-state index contributed by atoms with van der Waals surface area (Å²) in [5.41, 5.74) is 3.28. The van der Waals surface area contributed by atoms with Crippen LogP contribution in [0.1, 0.15) is 80.0 Å². The van der Waals surface area contributed by atoms with E-state index in [1.807, 2.05) is 0 Å². The molecular weight excluding hydrogens is 357 g/mol. The van der Waals surface area contributed by atoms with Gasteiger partial charge in [0, 0.05) is 5.56 Å². The molecule has 0 N–H and O–H groups in total. The van der Waals surface area contributed by atoms with Crippen LogP contribution in [0, 0.1) is 23.4 Å². The molecule has 3 heteroatoms. The van der Waals surface area contributed by atoms with Gasteiger partial charge in [-0.2, -0.15) is 0 Å². The Kier molecular flexibility index (Phi) is 5.61. The van der Waals surface area contributed by atoms with Crippen molar-refractivity contribution in [3.8, 4) is 0 Å². The Morgan fingerprint density at radius 1 is 0.893 bits per heavy atom. The van der Waals surface area contributed by atoms with Crippen LogP contribution < -0.4 is 0 Å². The molecule has 2 aromatic carbocycles. The molecule has 2 aliphatic carbocycles. The molecule has 2 aliphatic rings. The van der Waals surface area contributed by atoms with E-state index < -0.39 is 11.6 Å². The smallest absolute Gasteiger partial charge is 0.133 e. The third kappa shape index (κ3) is 3.90. The number of hydrogen-bond acceptors (Lipinski definition) is 0. The molecule has 28 heavy (non-hydrogen) atoms. The molecule has 0 saturated heterocycles. The minimum atomic E-state index is -0.470. The highest BCUT2D eigenvalue weighted by Gasteiger charge is 2.25. The second kappa shape index (κ2) is 8.14. The monoisotopic (exact) mass is 384 g/mol. The predicted octanol–water partition coefficient (Wildman–Crippen LogP) is 7.66. The van der Waals surface area contributed by atoms with Gasteiger partial charge in [-0.25, -0.2) is 13.2 Å². The van der Waals surface area contributed by atoms with Gasteiger partial charge in [-0.15, -0.1) is 0 Å². The average molecular weight is 384 g/mol. The molecule has 0 atom stereocenters. The van der Waals surface area contributed by atoms with Crippen molar-refractivity contribution in [1.82, 2.24) is 0 Å². The predicted molar refractivity (Wildman–Crippen MR) is 109 cm³/mol. The van der Waals surface area contributed by atoms with Gasteiger partial charge >= 0.3 is 0 Å². The molecule has 2 aromatic rings. The van der Waals surface area contributed by atoms with Gasteiger partial charge in [-0.1, -0.05) is 31.9 Å². The SMILES string of the molecule is CCCC1CCC(c2cc(F)c(C3=Cc4ccc(F)cc4CC3)c(F)c2)CC1. The maximum atomic E-state index is 14.9. The topological polar surface area (TPSA) is 0 Å². The van der Waals surface area contributed by atoms with Crippen LogP contribution in [0.4, 0.5) is 13.2 Å². The van der Waals surface area contributed by atoms with Crippen molar-refractivity contribution in [2.75, 3.05) is 0 Å². The van der Waals surface area contributed by atoms with E-state index in [0.29, 0.717) is 18.4 Å². The lowest BCUT2D eigenvalue weighted by Gasteiger charge is -2.29. The first-order chi connectivity index (χ1) is 13.5. The zero-order valence-electron chi connectivity index (χ0n) is 16.4. The van der Waals surface area contributed by atoms with Gasteiger partial charge in [-0.05, 0) is 96.9 Å². The molecule has 148 valence electrons. The Morgan fingerprint density at radius 2 is 1.61 bits per heavy atom. The number of fused-ring (bicyclic) bond motifs is 1. The Labute approximate surface area is 165 Å². The first-order valence-electron chi connectivity index (χ1n) is 10.5. The van der Waals surface area contributed by atoms with E-state index in [2.05, 4.69) is 6.92 Å². The average Bonchev–Trinajstić information content (AvgIpc) is 2.68. The fourth-order valence-electron chi connectivity index (χ4n) is 4.99. The van der Waals surface area contributed by atoms with E-state index in [4.69, 9.17) is 0 Å². The third-order valence-electron chi connectivity index (χ3n) is 6.50. The standard InChI is InChI=1S/C25H27F3/c1-2-3-16-4-6-17(7-5-16)21-14-23(27)25(24(28)15-21)20-9-8-19-13-22(26)11-10-18(19)12-20/h10-17H,2-9H2,1H3. The van der Waals surface area contributed by atoms with Crippen LogP contribution in [0.25, 0.3) is 11.6 Å². The van der Waals surface area contributed by atoms with Gasteiger partial charge in [-0.3, -0.25) is 0 Å². The molecule has 0 amide bonds. The van der Waals surface area contributed by atoms with Crippen LogP contribution >= 0.6 is 0 Å². The van der Waals surface area contributed by atoms with Crippen LogP contribution in [0.3, 0.4) is 0 Å². The number of benzene rings is 2. The zero-order valence-corrected chi connectivity index (χ0v) is 16.4. The Bertz CT molecular complexity index is 866. The molecule has 0 aliphatic heterocycles. The highest BCUT2D eigenvalue weighted by atomic mass is 19.1. The summed E-state index contributed by atoms with van der Waals surface area (Å²) in [5.74, 6) is -0.182. The lowest BCUT2D eigenvalue weighted by molar-refractivity contribution is 0.307. The molecule has 0 nitrogen and oxygen atoms in total. The summed E-state index contributed by atoms with van der Waals surface area (Å²) in [7, 11) is 0. The summed E-state index contributed by atoms with van der Waals surface area (Å²) in [6.45, 7) is 2.21. The fraction of sp³-hybridized carbons (Fsp3) is 0.440. The molecule has 0 aromatic heterocycles. The van der Waals surface area contributed by atoms with Crippen molar-refractivity contribution in [2.24, 2.45) is 5.92 Å². The number of rotatable bonds is 4. The maximum Gasteiger partial charge on any atom is 0.133 e. The summed E-state index contributed by atoms with van der Waals surface area (Å²) >= 11 is 0. The molecule has 0 heterocycles. The number of hydrogen-bond donors (Lipinski definition) is 0. The molecule has 0 unspecified atom stereocenters. The van der Waals surface area contributed by atoms with Crippen LogP contribution in [-0.4, -0.2) is 0 Å². The van der Waals surface area contributed by atoms with Crippen LogP contribution in [0.2, 0.25) is 0 Å². The molecule has 1 fully saturated rings. The quantitative estimate of drug-likeness (QED) is 0.507. The van der Waals surface area contributed by atoms with Gasteiger partial charge in [0.05, 0.1) is 0 Å². The van der Waals surface area contributed by atoms with E-state index in [-0.39, 0.29) is 17.3 Å². The van der Waals surface area contributed by atoms with Crippen LogP contribution in [-0.2, 0) is 6.42 Å². The van der Waals surface area contributed by atoms with Crippen molar-refractivity contribution in [3.63, 3.8) is 0 Å². The van der Waals surface area contributed by atoms with Gasteiger partial charge in [0.2, 0.25) is 0 Å². The van der Waals surface area contributed by atoms with Gasteiger partial charge in [0.1, 0.15) is 17.5 Å². The molecular formula is C25H27F3. The van der Waals surface area contributed by atoms with Crippen LogP contribution in [0.5, 0.6) is 0 Å². The molecule has 4 rings (SSSR count). The second-order valence-electron chi connectivity index (χ2n) is 8.38. The van der Waals surface area contributed by atoms with Crippen molar-refractivity contribution in [3.05, 3.63) is 70.0 Å². The summed E-state index contributed by atoms with van der Waals surface area (Å²) in [4.78, 5) is 0. The first-order valence-corrected chi connectivity index (χ1v) is 10.5. The number of aryl methyl sites for hydroxylation is 1. The Morgan fingerprint density at radius 3 is 2.29 bits per heavy atom. The van der Waals surface area contributed by atoms with Crippen molar-refractivity contribution >= 4 is 11.6 Å². The highest BCUT2D eigenvalue weighted by molar-refractivity contribution is 5.84. The minimum absolute atomic E-state index is 0.0818. The van der Waals surface area contributed by atoms with E-state index in [1.165, 1.54) is 25.0 Å². The van der Waals surface area contributed by atoms with Crippen molar-refractivity contribution in [2.45, 2.75) is 64.2 Å². The zero-order chi connectivity index (χ0) is 19.7. The van der Waals surface area contributed by atoms with E-state index >= 15 is 0 Å². The minimum Gasteiger partial charge on any atom is -0.207 e. The summed E-state index contributed by atoms with van der Waals surface area (Å²) in [6, 6.07) is 7.67. The number of halogens is 3. The van der Waals surface area contributed by atoms with Gasteiger partial charge in [0.25, 0.3) is 0 Å². The maximum absolute atomic E-state index is 14.9. The Balaban J connectivity index is 1.58. The summed E-state index contributed by atoms with van der Waals surface area (Å²) in [6.07, 6.45) is 9.73. The van der Waals surface area contributed by atoms with Gasteiger partial charge in [0.15, 0.2) is 0 Å².